The van der Waals surface area contributed by atoms with E-state index in [2.05, 4.69) is 39.8 Å². The number of carbonyl (C=O) groups excluding carboxylic acids is 1. The second kappa shape index (κ2) is 32.7. The predicted molar refractivity (Wildman–Crippen MR) is 242 cm³/mol. The fraction of sp³-hybridized carbons (Fsp3) is 0.904. The van der Waals surface area contributed by atoms with E-state index in [1.54, 1.807) is 0 Å². The molecule has 2 aliphatic rings. The molecule has 56 heavy (non-hydrogen) atoms. The maximum absolute atomic E-state index is 12.3. The highest BCUT2D eigenvalue weighted by atomic mass is 16.5. The van der Waals surface area contributed by atoms with Crippen molar-refractivity contribution in [3.63, 3.8) is 0 Å². The number of esters is 1. The molecule has 4 nitrogen and oxygen atoms in total. The SMILES string of the molecule is C/C(=C\COC(=O)CCCCCCCCCCCCCCCCCCCCCCCCCCCCCCCO)CC[C@@H]1C(CO)=CC[C@@H]2C(C)(C)CCC[C@@]12C. The summed E-state index contributed by atoms with van der Waals surface area (Å²) in [7, 11) is 0. The number of fused-ring (bicyclic) bond motifs is 1. The summed E-state index contributed by atoms with van der Waals surface area (Å²) < 4.78 is 5.57. The highest BCUT2D eigenvalue weighted by molar-refractivity contribution is 5.69. The lowest BCUT2D eigenvalue weighted by atomic mass is 9.48. The fourth-order valence-electron chi connectivity index (χ4n) is 10.7. The van der Waals surface area contributed by atoms with Crippen LogP contribution in [0.4, 0.5) is 0 Å². The zero-order valence-corrected chi connectivity index (χ0v) is 38.1. The lowest BCUT2D eigenvalue weighted by molar-refractivity contribution is -0.142. The van der Waals surface area contributed by atoms with Crippen molar-refractivity contribution in [2.75, 3.05) is 19.8 Å². The van der Waals surface area contributed by atoms with Gasteiger partial charge in [0.1, 0.15) is 6.61 Å². The van der Waals surface area contributed by atoms with Crippen molar-refractivity contribution in [2.24, 2.45) is 22.7 Å². The Balaban J connectivity index is 1.30. The highest BCUT2D eigenvalue weighted by Gasteiger charge is 2.52. The third-order valence-corrected chi connectivity index (χ3v) is 14.4. The first-order chi connectivity index (χ1) is 27.2. The van der Waals surface area contributed by atoms with Crippen LogP contribution >= 0.6 is 0 Å². The average Bonchev–Trinajstić information content (AvgIpc) is 3.17. The van der Waals surface area contributed by atoms with Crippen molar-refractivity contribution in [1.82, 2.24) is 0 Å². The van der Waals surface area contributed by atoms with Gasteiger partial charge in [0, 0.05) is 13.0 Å². The summed E-state index contributed by atoms with van der Waals surface area (Å²) in [6.07, 6.45) is 51.5. The molecule has 328 valence electrons. The second-order valence-corrected chi connectivity index (χ2v) is 19.6. The number of ether oxygens (including phenoxy) is 1. The van der Waals surface area contributed by atoms with Crippen LogP contribution < -0.4 is 0 Å². The Hall–Kier alpha value is -1.13. The van der Waals surface area contributed by atoms with Crippen molar-refractivity contribution in [2.45, 2.75) is 259 Å². The first-order valence-corrected chi connectivity index (χ1v) is 25.0. The maximum Gasteiger partial charge on any atom is 0.306 e. The monoisotopic (exact) mass is 785 g/mol. The molecular weight excluding hydrogens is 689 g/mol. The molecule has 0 spiro atoms. The van der Waals surface area contributed by atoms with E-state index in [1.807, 2.05) is 0 Å². The Labute approximate surface area is 349 Å². The second-order valence-electron chi connectivity index (χ2n) is 19.6. The molecule has 4 heteroatoms. The van der Waals surface area contributed by atoms with Gasteiger partial charge in [0.05, 0.1) is 6.61 Å². The molecule has 0 radical (unpaired) electrons. The normalized spacial score (nSPS) is 20.9. The van der Waals surface area contributed by atoms with E-state index in [4.69, 9.17) is 9.84 Å². The van der Waals surface area contributed by atoms with Gasteiger partial charge in [-0.05, 0) is 86.2 Å². The Morgan fingerprint density at radius 1 is 0.625 bits per heavy atom. The molecule has 2 rings (SSSR count). The summed E-state index contributed by atoms with van der Waals surface area (Å²) in [6.45, 7) is 10.5. The summed E-state index contributed by atoms with van der Waals surface area (Å²) in [4.78, 5) is 12.3. The summed E-state index contributed by atoms with van der Waals surface area (Å²) in [5.74, 6) is 1.07. The van der Waals surface area contributed by atoms with Gasteiger partial charge in [0.25, 0.3) is 0 Å². The minimum absolute atomic E-state index is 0.0529. The number of unbranched alkanes of at least 4 members (excludes halogenated alkanes) is 28. The average molecular weight is 785 g/mol. The smallest absolute Gasteiger partial charge is 0.306 e. The minimum Gasteiger partial charge on any atom is -0.461 e. The van der Waals surface area contributed by atoms with E-state index in [0.29, 0.717) is 36.9 Å². The zero-order valence-electron chi connectivity index (χ0n) is 38.1. The van der Waals surface area contributed by atoms with Gasteiger partial charge in [-0.25, -0.2) is 0 Å². The first-order valence-electron chi connectivity index (χ1n) is 25.0. The van der Waals surface area contributed by atoms with Crippen LogP contribution in [0.25, 0.3) is 0 Å². The number of hydrogen-bond donors (Lipinski definition) is 2. The number of hydrogen-bond acceptors (Lipinski definition) is 4. The minimum atomic E-state index is -0.0529. The number of aliphatic hydroxyl groups excluding tert-OH is 2. The van der Waals surface area contributed by atoms with Crippen LogP contribution in [0.15, 0.2) is 23.3 Å². The molecule has 0 heterocycles. The lowest BCUT2D eigenvalue weighted by Gasteiger charge is -2.57. The van der Waals surface area contributed by atoms with Crippen molar-refractivity contribution in [3.05, 3.63) is 23.3 Å². The van der Waals surface area contributed by atoms with Crippen molar-refractivity contribution in [3.8, 4) is 0 Å². The van der Waals surface area contributed by atoms with Gasteiger partial charge in [-0.15, -0.1) is 0 Å². The van der Waals surface area contributed by atoms with E-state index in [-0.39, 0.29) is 18.0 Å². The topological polar surface area (TPSA) is 66.8 Å². The molecule has 0 aromatic heterocycles. The van der Waals surface area contributed by atoms with Crippen molar-refractivity contribution < 1.29 is 19.7 Å². The van der Waals surface area contributed by atoms with Crippen LogP contribution in [0.1, 0.15) is 259 Å². The van der Waals surface area contributed by atoms with Gasteiger partial charge in [-0.1, -0.05) is 212 Å². The Morgan fingerprint density at radius 3 is 1.45 bits per heavy atom. The molecule has 0 aromatic carbocycles. The molecule has 0 bridgehead atoms. The van der Waals surface area contributed by atoms with Gasteiger partial charge >= 0.3 is 5.97 Å². The predicted octanol–water partition coefficient (Wildman–Crippen LogP) is 15.7. The molecule has 1 fully saturated rings. The third kappa shape index (κ3) is 22.9. The van der Waals surface area contributed by atoms with Crippen LogP contribution in [0.5, 0.6) is 0 Å². The molecule has 0 aliphatic heterocycles. The van der Waals surface area contributed by atoms with Crippen molar-refractivity contribution in [1.29, 1.82) is 0 Å². The van der Waals surface area contributed by atoms with E-state index in [0.717, 1.165) is 38.5 Å². The van der Waals surface area contributed by atoms with E-state index >= 15 is 0 Å². The van der Waals surface area contributed by atoms with Crippen molar-refractivity contribution >= 4 is 5.97 Å². The molecule has 2 aliphatic carbocycles. The number of carbonyl (C=O) groups is 1. The maximum atomic E-state index is 12.3. The third-order valence-electron chi connectivity index (χ3n) is 14.4. The number of allylic oxidation sites excluding steroid dienone is 2. The fourth-order valence-corrected chi connectivity index (χ4v) is 10.7. The standard InChI is InChI=1S/C52H96O4/c1-46(36-38-48-47(45-54)37-39-49-51(2,3)41-34-42-52(48,49)4)40-44-56-50(55)35-32-30-28-26-24-22-20-18-16-14-12-10-8-6-5-7-9-11-13-15-17-19-21-23-25-27-29-31-33-43-53/h37,40,48-49,53-54H,5-36,38-39,41-45H2,1-4H3/b46-40+/t48-,49-,52+/m1/s1. The molecule has 0 unspecified atom stereocenters. The first kappa shape index (κ1) is 51.0. The molecule has 1 saturated carbocycles. The Morgan fingerprint density at radius 2 is 1.04 bits per heavy atom. The van der Waals surface area contributed by atoms with E-state index < -0.39 is 0 Å². The molecule has 2 N–H and O–H groups in total. The molecule has 3 atom stereocenters. The van der Waals surface area contributed by atoms with E-state index in [9.17, 15) is 9.90 Å². The number of aliphatic hydroxyl groups is 2. The lowest BCUT2D eigenvalue weighted by Crippen LogP contribution is -2.49. The summed E-state index contributed by atoms with van der Waals surface area (Å²) >= 11 is 0. The quantitative estimate of drug-likeness (QED) is 0.0374. The van der Waals surface area contributed by atoms with Gasteiger partial charge in [0.15, 0.2) is 0 Å². The Kier molecular flexibility index (Phi) is 29.8. The van der Waals surface area contributed by atoms with E-state index in [1.165, 1.54) is 197 Å². The highest BCUT2D eigenvalue weighted by Crippen LogP contribution is 2.60. The number of rotatable bonds is 37. The van der Waals surface area contributed by atoms with Crippen LogP contribution in [-0.4, -0.2) is 36.0 Å². The van der Waals surface area contributed by atoms with Gasteiger partial charge in [0.2, 0.25) is 0 Å². The zero-order chi connectivity index (χ0) is 40.6. The molecule has 0 amide bonds. The molecular formula is C52H96O4. The summed E-state index contributed by atoms with van der Waals surface area (Å²) in [6, 6.07) is 0. The summed E-state index contributed by atoms with van der Waals surface area (Å²) in [5.41, 5.74) is 3.18. The van der Waals surface area contributed by atoms with Gasteiger partial charge in [-0.3, -0.25) is 4.79 Å². The van der Waals surface area contributed by atoms with Gasteiger partial charge in [-0.2, -0.15) is 0 Å². The summed E-state index contributed by atoms with van der Waals surface area (Å²) in [5, 5.41) is 19.0. The Bertz CT molecular complexity index is 1010. The van der Waals surface area contributed by atoms with Gasteiger partial charge < -0.3 is 14.9 Å². The van der Waals surface area contributed by atoms with Crippen LogP contribution in [0.2, 0.25) is 0 Å². The van der Waals surface area contributed by atoms with Crippen LogP contribution in [0.3, 0.4) is 0 Å². The van der Waals surface area contributed by atoms with Crippen LogP contribution in [0, 0.1) is 22.7 Å². The van der Waals surface area contributed by atoms with Crippen LogP contribution in [-0.2, 0) is 9.53 Å². The molecule has 0 aromatic rings. The largest absolute Gasteiger partial charge is 0.461 e. The molecule has 0 saturated heterocycles.